The first-order valence-electron chi connectivity index (χ1n) is 5.08. The van der Waals surface area contributed by atoms with Crippen LogP contribution in [-0.2, 0) is 16.1 Å². The molecule has 0 aromatic heterocycles. The average Bonchev–Trinajstić information content (AvgIpc) is 2.35. The van der Waals surface area contributed by atoms with Crippen molar-refractivity contribution < 1.29 is 14.5 Å². The number of benzene rings is 1. The highest BCUT2D eigenvalue weighted by Gasteiger charge is 2.07. The first-order valence-corrected chi connectivity index (χ1v) is 5.08. The van der Waals surface area contributed by atoms with Crippen LogP contribution in [0.5, 0.6) is 0 Å². The average molecular weight is 235 g/mol. The molecule has 0 amide bonds. The summed E-state index contributed by atoms with van der Waals surface area (Å²) in [5.41, 5.74) is 1.27. The van der Waals surface area contributed by atoms with E-state index in [1.807, 2.05) is 0 Å². The molecule has 0 heterocycles. The van der Waals surface area contributed by atoms with Gasteiger partial charge in [-0.25, -0.2) is 4.79 Å². The van der Waals surface area contributed by atoms with Crippen molar-refractivity contribution in [2.75, 3.05) is 0 Å². The van der Waals surface area contributed by atoms with Gasteiger partial charge in [0.1, 0.15) is 6.61 Å². The van der Waals surface area contributed by atoms with Crippen LogP contribution >= 0.6 is 0 Å². The lowest BCUT2D eigenvalue weighted by Crippen LogP contribution is -2.05. The minimum atomic E-state index is -0.472. The van der Waals surface area contributed by atoms with Gasteiger partial charge >= 0.3 is 5.97 Å². The van der Waals surface area contributed by atoms with Gasteiger partial charge in [-0.2, -0.15) is 0 Å². The van der Waals surface area contributed by atoms with E-state index in [0.717, 1.165) is 0 Å². The lowest BCUT2D eigenvalue weighted by Gasteiger charge is -2.04. The largest absolute Gasteiger partial charge is 0.457 e. The van der Waals surface area contributed by atoms with E-state index in [2.05, 4.69) is 0 Å². The molecule has 0 fully saturated rings. The lowest BCUT2D eigenvalue weighted by atomic mass is 10.2. The van der Waals surface area contributed by atoms with Crippen molar-refractivity contribution in [3.8, 4) is 0 Å². The highest BCUT2D eigenvalue weighted by molar-refractivity contribution is 5.87. The molecule has 0 aliphatic carbocycles. The number of rotatable bonds is 4. The zero-order chi connectivity index (χ0) is 12.8. The molecule has 0 aliphatic rings. The highest BCUT2D eigenvalue weighted by Crippen LogP contribution is 2.12. The van der Waals surface area contributed by atoms with Gasteiger partial charge in [0.2, 0.25) is 0 Å². The molecule has 0 saturated heterocycles. The van der Waals surface area contributed by atoms with Gasteiger partial charge in [-0.05, 0) is 31.5 Å². The Hall–Kier alpha value is -2.17. The molecule has 1 rings (SSSR count). The Morgan fingerprint density at radius 2 is 2.00 bits per heavy atom. The Bertz CT molecular complexity index is 448. The number of carbonyl (C=O) groups excluding carboxylic acids is 1. The van der Waals surface area contributed by atoms with E-state index in [-0.39, 0.29) is 18.3 Å². The number of allylic oxidation sites excluding steroid dienone is 1. The van der Waals surface area contributed by atoms with Crippen molar-refractivity contribution in [3.05, 3.63) is 51.6 Å². The first-order chi connectivity index (χ1) is 8.04. The smallest absolute Gasteiger partial charge is 0.333 e. The Morgan fingerprint density at radius 1 is 1.41 bits per heavy atom. The van der Waals surface area contributed by atoms with E-state index in [1.165, 1.54) is 12.1 Å². The van der Waals surface area contributed by atoms with E-state index in [4.69, 9.17) is 4.74 Å². The molecule has 0 saturated carbocycles. The molecule has 0 bridgehead atoms. The van der Waals surface area contributed by atoms with Gasteiger partial charge in [0.15, 0.2) is 0 Å². The number of nitro groups is 1. The molecular weight excluding hydrogens is 222 g/mol. The van der Waals surface area contributed by atoms with Crippen molar-refractivity contribution in [1.82, 2.24) is 0 Å². The Labute approximate surface area is 98.9 Å². The number of carbonyl (C=O) groups is 1. The van der Waals surface area contributed by atoms with E-state index in [1.54, 1.807) is 32.1 Å². The highest BCUT2D eigenvalue weighted by atomic mass is 16.6. The molecule has 0 spiro atoms. The number of esters is 1. The van der Waals surface area contributed by atoms with Crippen LogP contribution in [0.25, 0.3) is 0 Å². The standard InChI is InChI=1S/C12H13NO4/c1-3-9(2)12(14)17-8-10-4-6-11(7-5-10)13(15)16/h3-7H,8H2,1-2H3/b9-3+. The lowest BCUT2D eigenvalue weighted by molar-refractivity contribution is -0.384. The van der Waals surface area contributed by atoms with Crippen molar-refractivity contribution >= 4 is 11.7 Å². The third kappa shape index (κ3) is 3.71. The van der Waals surface area contributed by atoms with E-state index >= 15 is 0 Å². The van der Waals surface area contributed by atoms with Gasteiger partial charge in [-0.1, -0.05) is 6.08 Å². The quantitative estimate of drug-likeness (QED) is 0.348. The summed E-state index contributed by atoms with van der Waals surface area (Å²) in [7, 11) is 0. The summed E-state index contributed by atoms with van der Waals surface area (Å²) < 4.78 is 5.00. The SMILES string of the molecule is C/C=C(\C)C(=O)OCc1ccc([N+](=O)[O-])cc1. The fraction of sp³-hybridized carbons (Fsp3) is 0.250. The van der Waals surface area contributed by atoms with E-state index in [9.17, 15) is 14.9 Å². The third-order valence-corrected chi connectivity index (χ3v) is 2.27. The van der Waals surface area contributed by atoms with Crippen LogP contribution in [0.4, 0.5) is 5.69 Å². The second-order valence-electron chi connectivity index (χ2n) is 3.47. The normalized spacial score (nSPS) is 11.1. The topological polar surface area (TPSA) is 69.4 Å². The molecule has 0 aliphatic heterocycles. The summed E-state index contributed by atoms with van der Waals surface area (Å²) in [5.74, 6) is -0.383. The van der Waals surface area contributed by atoms with Crippen LogP contribution in [0.2, 0.25) is 0 Å². The first kappa shape index (κ1) is 12.9. The number of nitrogens with zero attached hydrogens (tertiary/aromatic N) is 1. The molecule has 5 nitrogen and oxygen atoms in total. The molecule has 0 radical (unpaired) electrons. The summed E-state index contributed by atoms with van der Waals surface area (Å²) in [5, 5.41) is 10.4. The maximum absolute atomic E-state index is 11.3. The molecule has 17 heavy (non-hydrogen) atoms. The maximum Gasteiger partial charge on any atom is 0.333 e. The summed E-state index contributed by atoms with van der Waals surface area (Å²) in [6.07, 6.45) is 1.66. The zero-order valence-electron chi connectivity index (χ0n) is 9.67. The second-order valence-corrected chi connectivity index (χ2v) is 3.47. The molecule has 0 unspecified atom stereocenters. The second kappa shape index (κ2) is 5.79. The summed E-state index contributed by atoms with van der Waals surface area (Å²) in [4.78, 5) is 21.3. The van der Waals surface area contributed by atoms with Crippen LogP contribution < -0.4 is 0 Å². The van der Waals surface area contributed by atoms with E-state index < -0.39 is 4.92 Å². The molecular formula is C12H13NO4. The van der Waals surface area contributed by atoms with Crippen LogP contribution in [0, 0.1) is 10.1 Å². The van der Waals surface area contributed by atoms with Crippen LogP contribution in [0.3, 0.4) is 0 Å². The fourth-order valence-corrected chi connectivity index (χ4v) is 1.09. The maximum atomic E-state index is 11.3. The number of hydrogen-bond acceptors (Lipinski definition) is 4. The number of ether oxygens (including phenoxy) is 1. The van der Waals surface area contributed by atoms with E-state index in [0.29, 0.717) is 11.1 Å². The monoisotopic (exact) mass is 235 g/mol. The number of nitro benzene ring substituents is 1. The Kier molecular flexibility index (Phi) is 4.39. The van der Waals surface area contributed by atoms with Gasteiger partial charge in [-0.15, -0.1) is 0 Å². The van der Waals surface area contributed by atoms with Crippen LogP contribution in [-0.4, -0.2) is 10.9 Å². The Balaban J connectivity index is 2.59. The molecule has 90 valence electrons. The molecule has 0 N–H and O–H groups in total. The van der Waals surface area contributed by atoms with Crippen molar-refractivity contribution in [3.63, 3.8) is 0 Å². The zero-order valence-corrected chi connectivity index (χ0v) is 9.67. The molecule has 0 atom stereocenters. The van der Waals surface area contributed by atoms with Crippen molar-refractivity contribution in [2.45, 2.75) is 20.5 Å². The van der Waals surface area contributed by atoms with Gasteiger partial charge in [0.25, 0.3) is 5.69 Å². The fourth-order valence-electron chi connectivity index (χ4n) is 1.09. The third-order valence-electron chi connectivity index (χ3n) is 2.27. The van der Waals surface area contributed by atoms with Gasteiger partial charge in [0.05, 0.1) is 4.92 Å². The van der Waals surface area contributed by atoms with Gasteiger partial charge in [0, 0.05) is 17.7 Å². The Morgan fingerprint density at radius 3 is 2.47 bits per heavy atom. The number of hydrogen-bond donors (Lipinski definition) is 0. The molecule has 1 aromatic rings. The minimum absolute atomic E-state index is 0.0183. The minimum Gasteiger partial charge on any atom is -0.457 e. The predicted molar refractivity (Wildman–Crippen MR) is 62.3 cm³/mol. The molecule has 1 aromatic carbocycles. The van der Waals surface area contributed by atoms with Crippen LogP contribution in [0.1, 0.15) is 19.4 Å². The summed E-state index contributed by atoms with van der Waals surface area (Å²) in [6, 6.07) is 5.89. The van der Waals surface area contributed by atoms with Gasteiger partial charge < -0.3 is 4.74 Å². The van der Waals surface area contributed by atoms with Crippen LogP contribution in [0.15, 0.2) is 35.9 Å². The predicted octanol–water partition coefficient (Wildman–Crippen LogP) is 2.60. The summed E-state index contributed by atoms with van der Waals surface area (Å²) in [6.45, 7) is 3.53. The van der Waals surface area contributed by atoms with Gasteiger partial charge in [-0.3, -0.25) is 10.1 Å². The molecule has 5 heteroatoms. The van der Waals surface area contributed by atoms with Crippen molar-refractivity contribution in [1.29, 1.82) is 0 Å². The number of non-ortho nitro benzene ring substituents is 1. The summed E-state index contributed by atoms with van der Waals surface area (Å²) >= 11 is 0. The van der Waals surface area contributed by atoms with Crippen molar-refractivity contribution in [2.24, 2.45) is 0 Å².